The minimum atomic E-state index is 0.727. The van der Waals surface area contributed by atoms with E-state index in [0.29, 0.717) is 0 Å². The van der Waals surface area contributed by atoms with Crippen LogP contribution in [0.5, 0.6) is 0 Å². The van der Waals surface area contributed by atoms with Gasteiger partial charge in [-0.05, 0) is 25.1 Å². The van der Waals surface area contributed by atoms with Crippen molar-refractivity contribution in [3.63, 3.8) is 0 Å². The molecule has 0 spiro atoms. The molecule has 0 aliphatic rings. The van der Waals surface area contributed by atoms with Gasteiger partial charge < -0.3 is 5.32 Å². The van der Waals surface area contributed by atoms with E-state index < -0.39 is 0 Å². The van der Waals surface area contributed by atoms with Crippen molar-refractivity contribution in [2.45, 2.75) is 26.8 Å². The highest BCUT2D eigenvalue weighted by molar-refractivity contribution is 6.32. The SMILES string of the molecule is CCNCc1cnn(-c2ccccc2Cl)c1CC. The first-order valence-corrected chi connectivity index (χ1v) is 6.67. The average molecular weight is 264 g/mol. The summed E-state index contributed by atoms with van der Waals surface area (Å²) in [6.45, 7) is 6.05. The Morgan fingerprint density at radius 1 is 1.28 bits per heavy atom. The molecule has 18 heavy (non-hydrogen) atoms. The Bertz CT molecular complexity index is 520. The number of rotatable bonds is 5. The van der Waals surface area contributed by atoms with Gasteiger partial charge in [0.15, 0.2) is 0 Å². The van der Waals surface area contributed by atoms with Gasteiger partial charge in [-0.25, -0.2) is 4.68 Å². The van der Waals surface area contributed by atoms with E-state index in [0.717, 1.165) is 30.2 Å². The first-order valence-electron chi connectivity index (χ1n) is 6.29. The summed E-state index contributed by atoms with van der Waals surface area (Å²) in [7, 11) is 0. The van der Waals surface area contributed by atoms with Gasteiger partial charge in [-0.1, -0.05) is 37.6 Å². The Labute approximate surface area is 113 Å². The molecule has 0 atom stereocenters. The minimum absolute atomic E-state index is 0.727. The maximum Gasteiger partial charge on any atom is 0.0835 e. The van der Waals surface area contributed by atoms with Crippen molar-refractivity contribution in [2.24, 2.45) is 0 Å². The summed E-state index contributed by atoms with van der Waals surface area (Å²) in [6.07, 6.45) is 2.86. The molecule has 0 radical (unpaired) electrons. The lowest BCUT2D eigenvalue weighted by Gasteiger charge is -2.09. The molecule has 1 aromatic heterocycles. The second kappa shape index (κ2) is 6.03. The van der Waals surface area contributed by atoms with E-state index in [2.05, 4.69) is 24.3 Å². The fraction of sp³-hybridized carbons (Fsp3) is 0.357. The maximum atomic E-state index is 6.22. The Kier molecular flexibility index (Phi) is 4.39. The molecular formula is C14H18ClN3. The lowest BCUT2D eigenvalue weighted by atomic mass is 10.2. The summed E-state index contributed by atoms with van der Waals surface area (Å²) < 4.78 is 1.94. The van der Waals surface area contributed by atoms with E-state index in [1.54, 1.807) is 0 Å². The van der Waals surface area contributed by atoms with Crippen molar-refractivity contribution in [3.05, 3.63) is 46.7 Å². The van der Waals surface area contributed by atoms with Gasteiger partial charge in [0.05, 0.1) is 16.9 Å². The highest BCUT2D eigenvalue weighted by atomic mass is 35.5. The number of aromatic nitrogens is 2. The van der Waals surface area contributed by atoms with E-state index in [-0.39, 0.29) is 0 Å². The van der Waals surface area contributed by atoms with E-state index in [1.807, 2.05) is 35.1 Å². The van der Waals surface area contributed by atoms with E-state index >= 15 is 0 Å². The molecule has 2 aromatic rings. The van der Waals surface area contributed by atoms with Gasteiger partial charge >= 0.3 is 0 Å². The zero-order valence-corrected chi connectivity index (χ0v) is 11.5. The molecule has 1 N–H and O–H groups in total. The van der Waals surface area contributed by atoms with Gasteiger partial charge in [-0.15, -0.1) is 0 Å². The van der Waals surface area contributed by atoms with Crippen molar-refractivity contribution in [2.75, 3.05) is 6.54 Å². The first-order chi connectivity index (χ1) is 8.77. The van der Waals surface area contributed by atoms with Crippen LogP contribution in [0, 0.1) is 0 Å². The van der Waals surface area contributed by atoms with Crippen LogP contribution in [0.3, 0.4) is 0 Å². The third-order valence-electron chi connectivity index (χ3n) is 2.94. The predicted octanol–water partition coefficient (Wildman–Crippen LogP) is 3.20. The Morgan fingerprint density at radius 3 is 2.72 bits per heavy atom. The van der Waals surface area contributed by atoms with Crippen molar-refractivity contribution in [1.29, 1.82) is 0 Å². The molecule has 0 fully saturated rings. The summed E-state index contributed by atoms with van der Waals surface area (Å²) in [4.78, 5) is 0. The predicted molar refractivity (Wildman–Crippen MR) is 75.3 cm³/mol. The van der Waals surface area contributed by atoms with Gasteiger partial charge in [0.2, 0.25) is 0 Å². The monoisotopic (exact) mass is 263 g/mol. The molecule has 4 heteroatoms. The van der Waals surface area contributed by atoms with Gasteiger partial charge in [0.25, 0.3) is 0 Å². The molecule has 0 saturated heterocycles. The maximum absolute atomic E-state index is 6.22. The van der Waals surface area contributed by atoms with Crippen molar-refractivity contribution in [3.8, 4) is 5.69 Å². The van der Waals surface area contributed by atoms with Crippen LogP contribution in [0.4, 0.5) is 0 Å². The quantitative estimate of drug-likeness (QED) is 0.898. The molecule has 1 aromatic carbocycles. The van der Waals surface area contributed by atoms with E-state index in [1.165, 1.54) is 11.3 Å². The summed E-state index contributed by atoms with van der Waals surface area (Å²) in [5.74, 6) is 0. The van der Waals surface area contributed by atoms with Gasteiger partial charge in [0.1, 0.15) is 0 Å². The highest BCUT2D eigenvalue weighted by Gasteiger charge is 2.11. The Morgan fingerprint density at radius 2 is 2.06 bits per heavy atom. The van der Waals surface area contributed by atoms with Crippen molar-refractivity contribution >= 4 is 11.6 Å². The molecule has 0 saturated carbocycles. The van der Waals surface area contributed by atoms with Crippen LogP contribution in [0.25, 0.3) is 5.69 Å². The largest absolute Gasteiger partial charge is 0.313 e. The number of halogens is 1. The van der Waals surface area contributed by atoms with E-state index in [4.69, 9.17) is 11.6 Å². The van der Waals surface area contributed by atoms with Crippen LogP contribution in [0.1, 0.15) is 25.1 Å². The number of hydrogen-bond donors (Lipinski definition) is 1. The summed E-state index contributed by atoms with van der Waals surface area (Å²) >= 11 is 6.22. The molecule has 0 amide bonds. The summed E-state index contributed by atoms with van der Waals surface area (Å²) in [5.41, 5.74) is 3.39. The number of nitrogens with zero attached hydrogens (tertiary/aromatic N) is 2. The van der Waals surface area contributed by atoms with Crippen molar-refractivity contribution < 1.29 is 0 Å². The highest BCUT2D eigenvalue weighted by Crippen LogP contribution is 2.22. The zero-order chi connectivity index (χ0) is 13.0. The third kappa shape index (κ3) is 2.57. The molecule has 96 valence electrons. The summed E-state index contributed by atoms with van der Waals surface area (Å²) in [5, 5.41) is 8.52. The second-order valence-corrected chi connectivity index (χ2v) is 4.52. The lowest BCUT2D eigenvalue weighted by molar-refractivity contribution is 0.716. The molecule has 1 heterocycles. The van der Waals surface area contributed by atoms with E-state index in [9.17, 15) is 0 Å². The smallest absolute Gasteiger partial charge is 0.0835 e. The second-order valence-electron chi connectivity index (χ2n) is 4.11. The average Bonchev–Trinajstić information content (AvgIpc) is 2.79. The number of benzene rings is 1. The minimum Gasteiger partial charge on any atom is -0.313 e. The lowest BCUT2D eigenvalue weighted by Crippen LogP contribution is -2.13. The van der Waals surface area contributed by atoms with Crippen LogP contribution >= 0.6 is 11.6 Å². The molecule has 2 rings (SSSR count). The number of para-hydroxylation sites is 1. The molecule has 0 aliphatic heterocycles. The van der Waals surface area contributed by atoms with Crippen LogP contribution in [0.15, 0.2) is 30.5 Å². The van der Waals surface area contributed by atoms with Crippen LogP contribution < -0.4 is 5.32 Å². The normalized spacial score (nSPS) is 10.8. The topological polar surface area (TPSA) is 29.9 Å². The fourth-order valence-electron chi connectivity index (χ4n) is 2.02. The molecule has 0 unspecified atom stereocenters. The van der Waals surface area contributed by atoms with Crippen LogP contribution in [-0.2, 0) is 13.0 Å². The zero-order valence-electron chi connectivity index (χ0n) is 10.8. The molecule has 0 bridgehead atoms. The van der Waals surface area contributed by atoms with Gasteiger partial charge in [0, 0.05) is 17.8 Å². The Hall–Kier alpha value is -1.32. The van der Waals surface area contributed by atoms with Crippen LogP contribution in [-0.4, -0.2) is 16.3 Å². The van der Waals surface area contributed by atoms with Crippen molar-refractivity contribution in [1.82, 2.24) is 15.1 Å². The fourth-order valence-corrected chi connectivity index (χ4v) is 2.24. The Balaban J connectivity index is 2.40. The number of nitrogens with one attached hydrogen (secondary N) is 1. The molecule has 3 nitrogen and oxygen atoms in total. The van der Waals surface area contributed by atoms with Gasteiger partial charge in [-0.3, -0.25) is 0 Å². The van der Waals surface area contributed by atoms with Crippen LogP contribution in [0.2, 0.25) is 5.02 Å². The first kappa shape index (κ1) is 13.1. The molecular weight excluding hydrogens is 246 g/mol. The molecule has 0 aliphatic carbocycles. The van der Waals surface area contributed by atoms with Gasteiger partial charge in [-0.2, -0.15) is 5.10 Å². The third-order valence-corrected chi connectivity index (χ3v) is 3.26. The summed E-state index contributed by atoms with van der Waals surface area (Å²) in [6, 6.07) is 7.79. The number of hydrogen-bond acceptors (Lipinski definition) is 2. The standard InChI is InChI=1S/C14H18ClN3/c1-3-13-11(9-16-4-2)10-17-18(13)14-8-6-5-7-12(14)15/h5-8,10,16H,3-4,9H2,1-2H3.